The number of carbonyl (C=O) groups excluding carboxylic acids is 2. The number of nitrogens with zero attached hydrogens (tertiary/aromatic N) is 1. The van der Waals surface area contributed by atoms with Crippen LogP contribution in [0.1, 0.15) is 26.2 Å². The average molecular weight is 235 g/mol. The number of ether oxygens (including phenoxy) is 1. The lowest BCUT2D eigenvalue weighted by Crippen LogP contribution is -2.20. The summed E-state index contributed by atoms with van der Waals surface area (Å²) in [5, 5.41) is 0. The minimum atomic E-state index is -0.509. The maximum absolute atomic E-state index is 11.8. The van der Waals surface area contributed by atoms with Crippen LogP contribution in [0.3, 0.4) is 0 Å². The Balaban J connectivity index is 2.79. The van der Waals surface area contributed by atoms with Gasteiger partial charge < -0.3 is 4.74 Å². The van der Waals surface area contributed by atoms with Crippen molar-refractivity contribution >= 4 is 11.9 Å². The summed E-state index contributed by atoms with van der Waals surface area (Å²) in [6, 6.07) is 0. The van der Waals surface area contributed by atoms with Gasteiger partial charge in [-0.2, -0.15) is 0 Å². The van der Waals surface area contributed by atoms with Crippen molar-refractivity contribution < 1.29 is 14.3 Å². The smallest absolute Gasteiger partial charge is 0.417 e. The Bertz CT molecular complexity index is 380. The molecule has 0 saturated carbocycles. The molecule has 4 heteroatoms. The van der Waals surface area contributed by atoms with E-state index in [9.17, 15) is 9.59 Å². The standard InChI is InChI=1S/C13H17NO3/c1-3-4-8-12(15)11-7-5-6-9-14(10-11)13(16)17-2/h5-7,9-10H,3-4,8H2,1-2H3. The molecule has 0 aromatic heterocycles. The molecule has 0 saturated heterocycles. The third-order valence-electron chi connectivity index (χ3n) is 2.38. The van der Waals surface area contributed by atoms with Gasteiger partial charge in [-0.05, 0) is 18.6 Å². The third-order valence-corrected chi connectivity index (χ3v) is 2.38. The van der Waals surface area contributed by atoms with Crippen molar-refractivity contribution in [2.24, 2.45) is 0 Å². The van der Waals surface area contributed by atoms with Crippen molar-refractivity contribution in [3.63, 3.8) is 0 Å². The van der Waals surface area contributed by atoms with Gasteiger partial charge in [-0.3, -0.25) is 9.69 Å². The molecule has 0 aromatic carbocycles. The first-order valence-electron chi connectivity index (χ1n) is 5.65. The van der Waals surface area contributed by atoms with E-state index in [1.807, 2.05) is 6.92 Å². The summed E-state index contributed by atoms with van der Waals surface area (Å²) in [4.78, 5) is 24.5. The van der Waals surface area contributed by atoms with Gasteiger partial charge in [0, 0.05) is 24.4 Å². The van der Waals surface area contributed by atoms with Crippen LogP contribution in [0.5, 0.6) is 0 Å². The molecule has 4 nitrogen and oxygen atoms in total. The van der Waals surface area contributed by atoms with E-state index in [4.69, 9.17) is 0 Å². The number of amides is 1. The van der Waals surface area contributed by atoms with Gasteiger partial charge in [0.1, 0.15) is 0 Å². The Hall–Kier alpha value is -1.84. The molecule has 1 amide bonds. The van der Waals surface area contributed by atoms with Crippen LogP contribution in [0.4, 0.5) is 4.79 Å². The van der Waals surface area contributed by atoms with Crippen LogP contribution >= 0.6 is 0 Å². The summed E-state index contributed by atoms with van der Waals surface area (Å²) >= 11 is 0. The fraction of sp³-hybridized carbons (Fsp3) is 0.385. The monoisotopic (exact) mass is 235 g/mol. The van der Waals surface area contributed by atoms with Crippen molar-refractivity contribution in [2.75, 3.05) is 7.11 Å². The van der Waals surface area contributed by atoms with Gasteiger partial charge in [0.05, 0.1) is 7.11 Å². The first-order chi connectivity index (χ1) is 8.19. The predicted octanol–water partition coefficient (Wildman–Crippen LogP) is 2.78. The highest BCUT2D eigenvalue weighted by atomic mass is 16.5. The molecule has 17 heavy (non-hydrogen) atoms. The number of methoxy groups -OCH3 is 1. The summed E-state index contributed by atoms with van der Waals surface area (Å²) in [5.41, 5.74) is 0.522. The number of hydrogen-bond donors (Lipinski definition) is 0. The summed E-state index contributed by atoms with van der Waals surface area (Å²) in [5.74, 6) is 0.0423. The second-order valence-electron chi connectivity index (χ2n) is 3.69. The van der Waals surface area contributed by atoms with Crippen LogP contribution in [-0.2, 0) is 9.53 Å². The van der Waals surface area contributed by atoms with Gasteiger partial charge in [-0.25, -0.2) is 4.79 Å². The predicted molar refractivity (Wildman–Crippen MR) is 65.1 cm³/mol. The molecule has 0 bridgehead atoms. The maximum atomic E-state index is 11.8. The lowest BCUT2D eigenvalue weighted by Gasteiger charge is -2.11. The highest BCUT2D eigenvalue weighted by Crippen LogP contribution is 2.12. The molecule has 0 N–H and O–H groups in total. The molecule has 1 aliphatic rings. The topological polar surface area (TPSA) is 46.6 Å². The Kier molecular flexibility index (Phi) is 5.20. The molecule has 0 aromatic rings. The molecule has 0 spiro atoms. The summed E-state index contributed by atoms with van der Waals surface area (Å²) in [7, 11) is 1.31. The molecule has 1 aliphatic heterocycles. The van der Waals surface area contributed by atoms with Gasteiger partial charge in [0.2, 0.25) is 0 Å². The minimum Gasteiger partial charge on any atom is -0.452 e. The zero-order valence-corrected chi connectivity index (χ0v) is 10.2. The van der Waals surface area contributed by atoms with Crippen molar-refractivity contribution in [1.82, 2.24) is 4.90 Å². The Labute approximate surface area is 101 Å². The Morgan fingerprint density at radius 1 is 1.35 bits per heavy atom. The lowest BCUT2D eigenvalue weighted by molar-refractivity contribution is -0.115. The largest absolute Gasteiger partial charge is 0.452 e. The molecular weight excluding hydrogens is 218 g/mol. The van der Waals surface area contributed by atoms with Crippen LogP contribution in [0.2, 0.25) is 0 Å². The van der Waals surface area contributed by atoms with E-state index >= 15 is 0 Å². The number of rotatable bonds is 4. The quantitative estimate of drug-likeness (QED) is 0.752. The normalized spacial score (nSPS) is 14.2. The summed E-state index contributed by atoms with van der Waals surface area (Å²) < 4.78 is 4.61. The zero-order chi connectivity index (χ0) is 12.7. The van der Waals surface area contributed by atoms with Gasteiger partial charge in [-0.15, -0.1) is 0 Å². The van der Waals surface area contributed by atoms with Gasteiger partial charge in [0.15, 0.2) is 5.78 Å². The van der Waals surface area contributed by atoms with Crippen LogP contribution in [0.25, 0.3) is 0 Å². The molecular formula is C13H17NO3. The van der Waals surface area contributed by atoms with Crippen LogP contribution in [0, 0.1) is 0 Å². The fourth-order valence-electron chi connectivity index (χ4n) is 1.40. The van der Waals surface area contributed by atoms with Crippen molar-refractivity contribution in [3.05, 3.63) is 36.2 Å². The maximum Gasteiger partial charge on any atom is 0.417 e. The van der Waals surface area contributed by atoms with E-state index in [1.165, 1.54) is 18.2 Å². The number of carbonyl (C=O) groups is 2. The molecule has 1 heterocycles. The molecule has 0 fully saturated rings. The van der Waals surface area contributed by atoms with E-state index in [-0.39, 0.29) is 5.78 Å². The minimum absolute atomic E-state index is 0.0423. The molecule has 92 valence electrons. The number of hydrogen-bond acceptors (Lipinski definition) is 3. The van der Waals surface area contributed by atoms with Crippen LogP contribution in [0.15, 0.2) is 36.2 Å². The second kappa shape index (κ2) is 6.68. The van der Waals surface area contributed by atoms with E-state index < -0.39 is 6.09 Å². The molecule has 0 unspecified atom stereocenters. The average Bonchev–Trinajstić information content (AvgIpc) is 2.60. The molecule has 0 aliphatic carbocycles. The van der Waals surface area contributed by atoms with E-state index in [1.54, 1.807) is 24.4 Å². The fourth-order valence-corrected chi connectivity index (χ4v) is 1.40. The van der Waals surface area contributed by atoms with Gasteiger partial charge in [0.25, 0.3) is 0 Å². The number of ketones is 1. The summed E-state index contributed by atoms with van der Waals surface area (Å²) in [6.07, 6.45) is 10.0. The second-order valence-corrected chi connectivity index (χ2v) is 3.69. The Morgan fingerprint density at radius 3 is 2.76 bits per heavy atom. The molecule has 0 atom stereocenters. The van der Waals surface area contributed by atoms with Crippen molar-refractivity contribution in [3.8, 4) is 0 Å². The Morgan fingerprint density at radius 2 is 2.12 bits per heavy atom. The third kappa shape index (κ3) is 3.90. The highest BCUT2D eigenvalue weighted by molar-refractivity contribution is 5.98. The first kappa shape index (κ1) is 13.2. The zero-order valence-electron chi connectivity index (χ0n) is 10.2. The first-order valence-corrected chi connectivity index (χ1v) is 5.65. The van der Waals surface area contributed by atoms with E-state index in [2.05, 4.69) is 4.74 Å². The number of allylic oxidation sites excluding steroid dienone is 4. The SMILES string of the molecule is CCCCC(=O)C1=CN(C(=O)OC)C=CC=C1. The number of unbranched alkanes of at least 4 members (excludes halogenated alkanes) is 1. The van der Waals surface area contributed by atoms with Crippen LogP contribution < -0.4 is 0 Å². The van der Waals surface area contributed by atoms with Crippen molar-refractivity contribution in [1.29, 1.82) is 0 Å². The van der Waals surface area contributed by atoms with E-state index in [0.29, 0.717) is 12.0 Å². The van der Waals surface area contributed by atoms with Gasteiger partial charge >= 0.3 is 6.09 Å². The van der Waals surface area contributed by atoms with Crippen LogP contribution in [-0.4, -0.2) is 23.9 Å². The molecule has 0 radical (unpaired) electrons. The highest BCUT2D eigenvalue weighted by Gasteiger charge is 2.13. The van der Waals surface area contributed by atoms with Gasteiger partial charge in [-0.1, -0.05) is 19.4 Å². The molecule has 1 rings (SSSR count). The lowest BCUT2D eigenvalue weighted by atomic mass is 10.1. The number of Topliss-reactive ketones (excluding diaryl/α,β-unsaturated/α-hetero) is 1. The van der Waals surface area contributed by atoms with Crippen molar-refractivity contribution in [2.45, 2.75) is 26.2 Å². The summed E-state index contributed by atoms with van der Waals surface area (Å²) in [6.45, 7) is 2.03. The van der Waals surface area contributed by atoms with E-state index in [0.717, 1.165) is 12.8 Å².